The first kappa shape index (κ1) is 15.6. The molecule has 0 saturated carbocycles. The number of rotatable bonds is 4. The third-order valence-electron chi connectivity index (χ3n) is 3.24. The molecule has 5 heteroatoms. The molecule has 1 aromatic rings. The molecule has 1 atom stereocenters. The van der Waals surface area contributed by atoms with Crippen LogP contribution in [0.5, 0.6) is 5.75 Å². The smallest absolute Gasteiger partial charge is 0.317 e. The van der Waals surface area contributed by atoms with Crippen molar-refractivity contribution in [2.75, 3.05) is 19.7 Å². The normalized spacial score (nSPS) is 18.7. The number of urea groups is 1. The number of morpholine rings is 1. The highest BCUT2D eigenvalue weighted by atomic mass is 16.5. The summed E-state index contributed by atoms with van der Waals surface area (Å²) in [6, 6.07) is 7.77. The molecular formula is C16H24N2O3. The topological polar surface area (TPSA) is 50.8 Å². The van der Waals surface area contributed by atoms with Gasteiger partial charge in [-0.3, -0.25) is 0 Å². The Balaban J connectivity index is 1.86. The molecule has 1 fully saturated rings. The van der Waals surface area contributed by atoms with Crippen molar-refractivity contribution in [3.8, 4) is 5.75 Å². The molecule has 21 heavy (non-hydrogen) atoms. The molecule has 0 radical (unpaired) electrons. The van der Waals surface area contributed by atoms with Crippen molar-refractivity contribution in [3.05, 3.63) is 29.8 Å². The first-order chi connectivity index (χ1) is 10.0. The van der Waals surface area contributed by atoms with Crippen LogP contribution in [0, 0.1) is 0 Å². The lowest BCUT2D eigenvalue weighted by Crippen LogP contribution is -2.48. The molecule has 5 nitrogen and oxygen atoms in total. The summed E-state index contributed by atoms with van der Waals surface area (Å²) in [6.07, 6.45) is 0.247. The summed E-state index contributed by atoms with van der Waals surface area (Å²) in [6.45, 7) is 8.36. The Morgan fingerprint density at radius 1 is 1.52 bits per heavy atom. The van der Waals surface area contributed by atoms with Gasteiger partial charge in [0.25, 0.3) is 0 Å². The summed E-state index contributed by atoms with van der Waals surface area (Å²) in [5.74, 6) is 0.830. The average Bonchev–Trinajstić information content (AvgIpc) is 2.44. The van der Waals surface area contributed by atoms with Crippen molar-refractivity contribution < 1.29 is 14.3 Å². The van der Waals surface area contributed by atoms with Crippen LogP contribution < -0.4 is 10.1 Å². The van der Waals surface area contributed by atoms with Gasteiger partial charge in [0.05, 0.1) is 18.8 Å². The molecule has 0 aliphatic carbocycles. The number of benzene rings is 1. The second-order valence-electron chi connectivity index (χ2n) is 5.60. The second kappa shape index (κ2) is 7.31. The van der Waals surface area contributed by atoms with Gasteiger partial charge in [-0.05, 0) is 38.5 Å². The fraction of sp³-hybridized carbons (Fsp3) is 0.562. The van der Waals surface area contributed by atoms with Crippen LogP contribution in [0.1, 0.15) is 26.3 Å². The van der Waals surface area contributed by atoms with Gasteiger partial charge in [-0.2, -0.15) is 0 Å². The standard InChI is InChI=1S/C16H24N2O3/c1-12(2)21-15-6-4-5-14(9-15)10-17-16(19)18-7-8-20-13(3)11-18/h4-6,9,12-13H,7-8,10-11H2,1-3H3,(H,17,19)/t13-/m1/s1. The van der Waals surface area contributed by atoms with Gasteiger partial charge in [0.2, 0.25) is 0 Å². The lowest BCUT2D eigenvalue weighted by molar-refractivity contribution is -0.00351. The van der Waals surface area contributed by atoms with Crippen LogP contribution in [0.15, 0.2) is 24.3 Å². The average molecular weight is 292 g/mol. The highest BCUT2D eigenvalue weighted by Gasteiger charge is 2.20. The van der Waals surface area contributed by atoms with Gasteiger partial charge in [0, 0.05) is 19.6 Å². The summed E-state index contributed by atoms with van der Waals surface area (Å²) in [5.41, 5.74) is 1.03. The van der Waals surface area contributed by atoms with Gasteiger partial charge in [0.1, 0.15) is 5.75 Å². The molecule has 116 valence electrons. The fourth-order valence-corrected chi connectivity index (χ4v) is 2.29. The Morgan fingerprint density at radius 2 is 2.33 bits per heavy atom. The van der Waals surface area contributed by atoms with E-state index in [0.717, 1.165) is 11.3 Å². The van der Waals surface area contributed by atoms with Crippen LogP contribution in [-0.4, -0.2) is 42.8 Å². The van der Waals surface area contributed by atoms with E-state index in [1.54, 1.807) is 4.90 Å². The van der Waals surface area contributed by atoms with E-state index in [1.807, 2.05) is 45.0 Å². The molecule has 1 N–H and O–H groups in total. The molecule has 1 aliphatic heterocycles. The lowest BCUT2D eigenvalue weighted by atomic mass is 10.2. The summed E-state index contributed by atoms with van der Waals surface area (Å²) in [5, 5.41) is 2.95. The number of hydrogen-bond donors (Lipinski definition) is 1. The number of nitrogens with zero attached hydrogens (tertiary/aromatic N) is 1. The monoisotopic (exact) mass is 292 g/mol. The Hall–Kier alpha value is -1.75. The SMILES string of the molecule is CC(C)Oc1cccc(CNC(=O)N2CCO[C@H](C)C2)c1. The Kier molecular flexibility index (Phi) is 5.44. The van der Waals surface area contributed by atoms with E-state index in [2.05, 4.69) is 5.32 Å². The van der Waals surface area contributed by atoms with Crippen LogP contribution in [-0.2, 0) is 11.3 Å². The number of carbonyl (C=O) groups excluding carboxylic acids is 1. The maximum Gasteiger partial charge on any atom is 0.317 e. The molecule has 1 aliphatic rings. The molecule has 1 aromatic carbocycles. The second-order valence-corrected chi connectivity index (χ2v) is 5.60. The van der Waals surface area contributed by atoms with Gasteiger partial charge in [-0.25, -0.2) is 4.79 Å². The zero-order valence-electron chi connectivity index (χ0n) is 13.0. The molecule has 2 rings (SSSR count). The van der Waals surface area contributed by atoms with Crippen molar-refractivity contribution in [1.29, 1.82) is 0 Å². The number of hydrogen-bond acceptors (Lipinski definition) is 3. The van der Waals surface area contributed by atoms with Crippen LogP contribution in [0.4, 0.5) is 4.79 Å². The first-order valence-electron chi connectivity index (χ1n) is 7.44. The van der Waals surface area contributed by atoms with E-state index in [9.17, 15) is 4.79 Å². The van der Waals surface area contributed by atoms with Crippen LogP contribution >= 0.6 is 0 Å². The summed E-state index contributed by atoms with van der Waals surface area (Å²) >= 11 is 0. The zero-order valence-corrected chi connectivity index (χ0v) is 13.0. The van der Waals surface area contributed by atoms with Crippen molar-refractivity contribution in [3.63, 3.8) is 0 Å². The summed E-state index contributed by atoms with van der Waals surface area (Å²) < 4.78 is 11.1. The highest BCUT2D eigenvalue weighted by Crippen LogP contribution is 2.15. The minimum Gasteiger partial charge on any atom is -0.491 e. The van der Waals surface area contributed by atoms with E-state index < -0.39 is 0 Å². The number of ether oxygens (including phenoxy) is 2. The van der Waals surface area contributed by atoms with E-state index >= 15 is 0 Å². The minimum atomic E-state index is -0.0414. The fourth-order valence-electron chi connectivity index (χ4n) is 2.29. The predicted molar refractivity (Wildman–Crippen MR) is 81.4 cm³/mol. The maximum absolute atomic E-state index is 12.1. The highest BCUT2D eigenvalue weighted by molar-refractivity contribution is 5.74. The van der Waals surface area contributed by atoms with Gasteiger partial charge in [0.15, 0.2) is 0 Å². The summed E-state index contributed by atoms with van der Waals surface area (Å²) in [4.78, 5) is 13.9. The van der Waals surface area contributed by atoms with Gasteiger partial charge < -0.3 is 19.7 Å². The minimum absolute atomic E-state index is 0.0414. The molecule has 1 heterocycles. The predicted octanol–water partition coefficient (Wildman–Crippen LogP) is 2.40. The zero-order chi connectivity index (χ0) is 15.2. The molecule has 0 spiro atoms. The van der Waals surface area contributed by atoms with Crippen molar-refractivity contribution in [2.24, 2.45) is 0 Å². The molecule has 0 bridgehead atoms. The van der Waals surface area contributed by atoms with Gasteiger partial charge >= 0.3 is 6.03 Å². The largest absolute Gasteiger partial charge is 0.491 e. The summed E-state index contributed by atoms with van der Waals surface area (Å²) in [7, 11) is 0. The number of nitrogens with one attached hydrogen (secondary N) is 1. The third-order valence-corrected chi connectivity index (χ3v) is 3.24. The third kappa shape index (κ3) is 4.93. The van der Waals surface area contributed by atoms with Crippen LogP contribution in [0.3, 0.4) is 0 Å². The van der Waals surface area contributed by atoms with Gasteiger partial charge in [-0.15, -0.1) is 0 Å². The number of carbonyl (C=O) groups is 1. The lowest BCUT2D eigenvalue weighted by Gasteiger charge is -2.31. The number of amides is 2. The quantitative estimate of drug-likeness (QED) is 0.927. The van der Waals surface area contributed by atoms with Crippen molar-refractivity contribution in [1.82, 2.24) is 10.2 Å². The molecule has 1 saturated heterocycles. The van der Waals surface area contributed by atoms with Gasteiger partial charge in [-0.1, -0.05) is 12.1 Å². The Bertz CT molecular complexity index is 476. The van der Waals surface area contributed by atoms with E-state index in [1.165, 1.54) is 0 Å². The maximum atomic E-state index is 12.1. The van der Waals surface area contributed by atoms with E-state index in [-0.39, 0.29) is 18.2 Å². The molecule has 2 amide bonds. The molecular weight excluding hydrogens is 268 g/mol. The van der Waals surface area contributed by atoms with E-state index in [4.69, 9.17) is 9.47 Å². The van der Waals surface area contributed by atoms with Crippen LogP contribution in [0.2, 0.25) is 0 Å². The Labute approximate surface area is 126 Å². The molecule has 0 unspecified atom stereocenters. The van der Waals surface area contributed by atoms with Crippen molar-refractivity contribution in [2.45, 2.75) is 39.5 Å². The molecule has 0 aromatic heterocycles. The van der Waals surface area contributed by atoms with Crippen LogP contribution in [0.25, 0.3) is 0 Å². The van der Waals surface area contributed by atoms with E-state index in [0.29, 0.717) is 26.2 Å². The van der Waals surface area contributed by atoms with Crippen molar-refractivity contribution >= 4 is 6.03 Å². The first-order valence-corrected chi connectivity index (χ1v) is 7.44. The Morgan fingerprint density at radius 3 is 3.05 bits per heavy atom.